The summed E-state index contributed by atoms with van der Waals surface area (Å²) in [6, 6.07) is 5.81. The Morgan fingerprint density at radius 1 is 1.47 bits per heavy atom. The maximum atomic E-state index is 5.76. The summed E-state index contributed by atoms with van der Waals surface area (Å²) in [5.74, 6) is 1.69. The van der Waals surface area contributed by atoms with Gasteiger partial charge in [0.25, 0.3) is 0 Å². The van der Waals surface area contributed by atoms with Gasteiger partial charge in [0.05, 0.1) is 11.8 Å². The molecule has 0 saturated heterocycles. The molecule has 0 atom stereocenters. The predicted molar refractivity (Wildman–Crippen MR) is 80.5 cm³/mol. The Labute approximate surface area is 118 Å². The quantitative estimate of drug-likeness (QED) is 0.821. The number of nitrogens with two attached hydrogens (primary N) is 1. The molecule has 0 aliphatic carbocycles. The zero-order chi connectivity index (χ0) is 13.8. The number of aromatic nitrogens is 1. The van der Waals surface area contributed by atoms with Crippen molar-refractivity contribution in [3.63, 3.8) is 0 Å². The van der Waals surface area contributed by atoms with E-state index in [-0.39, 0.29) is 0 Å². The van der Waals surface area contributed by atoms with Crippen LogP contribution in [-0.2, 0) is 6.42 Å². The van der Waals surface area contributed by atoms with Gasteiger partial charge >= 0.3 is 0 Å². The van der Waals surface area contributed by atoms with Crippen molar-refractivity contribution in [1.29, 1.82) is 0 Å². The smallest absolute Gasteiger partial charge is 0.136 e. The number of furan rings is 1. The Balaban J connectivity index is 2.12. The average molecular weight is 275 g/mol. The standard InChI is InChI=1S/C14H17N3OS/c1-9-8-10(2)17-14(12(9)13(15)19)16-6-5-11-4-3-7-18-11/h3-4,7-8H,5-6H2,1-2H3,(H2,15,19)(H,16,17). The fraction of sp³-hybridized carbons (Fsp3) is 0.286. The SMILES string of the molecule is Cc1cc(C)c(C(N)=S)c(NCCc2ccco2)n1. The maximum Gasteiger partial charge on any atom is 0.136 e. The van der Waals surface area contributed by atoms with Gasteiger partial charge in [0.15, 0.2) is 0 Å². The lowest BCUT2D eigenvalue weighted by Gasteiger charge is -2.13. The van der Waals surface area contributed by atoms with Crippen molar-refractivity contribution in [2.24, 2.45) is 5.73 Å². The lowest BCUT2D eigenvalue weighted by atomic mass is 10.1. The van der Waals surface area contributed by atoms with Gasteiger partial charge in [-0.1, -0.05) is 12.2 Å². The Morgan fingerprint density at radius 3 is 2.89 bits per heavy atom. The van der Waals surface area contributed by atoms with Crippen LogP contribution in [0.3, 0.4) is 0 Å². The molecule has 2 aromatic rings. The van der Waals surface area contributed by atoms with Gasteiger partial charge in [0.2, 0.25) is 0 Å². The van der Waals surface area contributed by atoms with E-state index in [9.17, 15) is 0 Å². The van der Waals surface area contributed by atoms with Gasteiger partial charge in [-0.2, -0.15) is 0 Å². The number of pyridine rings is 1. The molecule has 0 radical (unpaired) electrons. The minimum absolute atomic E-state index is 0.366. The first kappa shape index (κ1) is 13.5. The van der Waals surface area contributed by atoms with Crippen LogP contribution in [-0.4, -0.2) is 16.5 Å². The molecule has 4 nitrogen and oxygen atoms in total. The maximum absolute atomic E-state index is 5.76. The molecule has 19 heavy (non-hydrogen) atoms. The summed E-state index contributed by atoms with van der Waals surface area (Å²) in [4.78, 5) is 4.83. The van der Waals surface area contributed by atoms with Crippen LogP contribution < -0.4 is 11.1 Å². The first-order valence-electron chi connectivity index (χ1n) is 6.12. The van der Waals surface area contributed by atoms with Gasteiger partial charge in [-0.3, -0.25) is 0 Å². The third-order valence-electron chi connectivity index (χ3n) is 2.84. The summed E-state index contributed by atoms with van der Waals surface area (Å²) < 4.78 is 5.29. The summed E-state index contributed by atoms with van der Waals surface area (Å²) in [6.07, 6.45) is 2.46. The van der Waals surface area contributed by atoms with Crippen LogP contribution in [0.5, 0.6) is 0 Å². The van der Waals surface area contributed by atoms with Crippen molar-refractivity contribution in [2.45, 2.75) is 20.3 Å². The topological polar surface area (TPSA) is 64.1 Å². The van der Waals surface area contributed by atoms with E-state index in [2.05, 4.69) is 10.3 Å². The highest BCUT2D eigenvalue weighted by atomic mass is 32.1. The second-order valence-corrected chi connectivity index (χ2v) is 4.86. The van der Waals surface area contributed by atoms with E-state index >= 15 is 0 Å². The first-order chi connectivity index (χ1) is 9.08. The van der Waals surface area contributed by atoms with E-state index in [0.29, 0.717) is 4.99 Å². The van der Waals surface area contributed by atoms with E-state index in [0.717, 1.165) is 41.4 Å². The number of rotatable bonds is 5. The molecule has 2 rings (SSSR count). The molecule has 0 spiro atoms. The second-order valence-electron chi connectivity index (χ2n) is 4.42. The largest absolute Gasteiger partial charge is 0.469 e. The Hall–Kier alpha value is -1.88. The van der Waals surface area contributed by atoms with Crippen molar-refractivity contribution in [3.8, 4) is 0 Å². The second kappa shape index (κ2) is 5.84. The van der Waals surface area contributed by atoms with E-state index in [1.807, 2.05) is 32.0 Å². The number of nitrogens with one attached hydrogen (secondary N) is 1. The molecule has 100 valence electrons. The van der Waals surface area contributed by atoms with Crippen molar-refractivity contribution < 1.29 is 4.42 Å². The number of anilines is 1. The van der Waals surface area contributed by atoms with Crippen LogP contribution in [0.15, 0.2) is 28.9 Å². The van der Waals surface area contributed by atoms with E-state index in [1.54, 1.807) is 6.26 Å². The molecular formula is C14H17N3OS. The normalized spacial score (nSPS) is 10.4. The van der Waals surface area contributed by atoms with Gasteiger partial charge in [0.1, 0.15) is 16.6 Å². The van der Waals surface area contributed by atoms with Crippen LogP contribution in [0.2, 0.25) is 0 Å². The Bertz CT molecular complexity index is 579. The molecule has 0 unspecified atom stereocenters. The van der Waals surface area contributed by atoms with E-state index < -0.39 is 0 Å². The van der Waals surface area contributed by atoms with E-state index in [4.69, 9.17) is 22.4 Å². The summed E-state index contributed by atoms with van der Waals surface area (Å²) in [7, 11) is 0. The number of nitrogens with zero attached hydrogens (tertiary/aromatic N) is 1. The predicted octanol–water partition coefficient (Wildman–Crippen LogP) is 2.58. The van der Waals surface area contributed by atoms with Gasteiger partial charge in [0, 0.05) is 18.7 Å². The van der Waals surface area contributed by atoms with Crippen LogP contribution in [0.1, 0.15) is 22.6 Å². The van der Waals surface area contributed by atoms with Gasteiger partial charge in [-0.05, 0) is 37.6 Å². The zero-order valence-corrected chi connectivity index (χ0v) is 11.9. The molecule has 0 aromatic carbocycles. The number of thiocarbonyl (C=S) groups is 1. The van der Waals surface area contributed by atoms with Crippen LogP contribution in [0.25, 0.3) is 0 Å². The first-order valence-corrected chi connectivity index (χ1v) is 6.53. The van der Waals surface area contributed by atoms with Gasteiger partial charge < -0.3 is 15.5 Å². The average Bonchev–Trinajstić information content (AvgIpc) is 2.80. The third kappa shape index (κ3) is 3.32. The zero-order valence-electron chi connectivity index (χ0n) is 11.1. The lowest BCUT2D eigenvalue weighted by Crippen LogP contribution is -2.17. The van der Waals surface area contributed by atoms with Crippen molar-refractivity contribution >= 4 is 23.0 Å². The highest BCUT2D eigenvalue weighted by Crippen LogP contribution is 2.18. The highest BCUT2D eigenvalue weighted by Gasteiger charge is 2.11. The summed E-state index contributed by atoms with van der Waals surface area (Å²) in [6.45, 7) is 4.66. The fourth-order valence-corrected chi connectivity index (χ4v) is 2.29. The van der Waals surface area contributed by atoms with Gasteiger partial charge in [-0.15, -0.1) is 0 Å². The van der Waals surface area contributed by atoms with Crippen molar-refractivity contribution in [1.82, 2.24) is 4.98 Å². The van der Waals surface area contributed by atoms with Crippen molar-refractivity contribution in [3.05, 3.63) is 47.0 Å². The number of hydrogen-bond acceptors (Lipinski definition) is 4. The third-order valence-corrected chi connectivity index (χ3v) is 3.04. The Morgan fingerprint density at radius 2 is 2.26 bits per heavy atom. The molecule has 5 heteroatoms. The molecule has 0 aliphatic rings. The van der Waals surface area contributed by atoms with Crippen LogP contribution >= 0.6 is 12.2 Å². The minimum atomic E-state index is 0.366. The lowest BCUT2D eigenvalue weighted by molar-refractivity contribution is 0.513. The molecule has 2 aromatic heterocycles. The molecule has 2 heterocycles. The molecule has 0 saturated carbocycles. The van der Waals surface area contributed by atoms with Crippen LogP contribution in [0.4, 0.5) is 5.82 Å². The van der Waals surface area contributed by atoms with Crippen LogP contribution in [0, 0.1) is 13.8 Å². The number of aryl methyl sites for hydroxylation is 2. The molecule has 0 bridgehead atoms. The fourth-order valence-electron chi connectivity index (χ4n) is 2.03. The summed E-state index contributed by atoms with van der Waals surface area (Å²) >= 11 is 5.09. The molecule has 0 aliphatic heterocycles. The monoisotopic (exact) mass is 275 g/mol. The molecular weight excluding hydrogens is 258 g/mol. The number of hydrogen-bond donors (Lipinski definition) is 2. The highest BCUT2D eigenvalue weighted by molar-refractivity contribution is 7.80. The van der Waals surface area contributed by atoms with Crippen molar-refractivity contribution in [2.75, 3.05) is 11.9 Å². The summed E-state index contributed by atoms with van der Waals surface area (Å²) in [5, 5.41) is 3.28. The Kier molecular flexibility index (Phi) is 4.16. The minimum Gasteiger partial charge on any atom is -0.469 e. The van der Waals surface area contributed by atoms with Gasteiger partial charge in [-0.25, -0.2) is 4.98 Å². The molecule has 3 N–H and O–H groups in total. The summed E-state index contributed by atoms with van der Waals surface area (Å²) in [5.41, 5.74) is 8.57. The van der Waals surface area contributed by atoms with E-state index in [1.165, 1.54) is 0 Å². The molecule has 0 amide bonds. The molecule has 0 fully saturated rings.